The van der Waals surface area contributed by atoms with Crippen molar-refractivity contribution in [2.24, 2.45) is 0 Å². The lowest BCUT2D eigenvalue weighted by Gasteiger charge is -2.13. The molecular weight excluding hydrogens is 277 g/mol. The van der Waals surface area contributed by atoms with Crippen LogP contribution in [-0.4, -0.2) is 6.54 Å². The van der Waals surface area contributed by atoms with Crippen molar-refractivity contribution < 1.29 is 9.13 Å². The molecule has 106 valence electrons. The highest BCUT2D eigenvalue weighted by Crippen LogP contribution is 2.26. The van der Waals surface area contributed by atoms with Crippen LogP contribution in [0.3, 0.4) is 0 Å². The standard InChI is InChI=1S/C16H17ClFNO/c1-3-19-11(2)12-4-6-13(7-5-12)20-14-8-9-15(17)16(18)10-14/h4-11,19H,3H2,1-2H3. The maximum absolute atomic E-state index is 13.3. The maximum Gasteiger partial charge on any atom is 0.145 e. The SMILES string of the molecule is CCNC(C)c1ccc(Oc2ccc(Cl)c(F)c2)cc1. The largest absolute Gasteiger partial charge is 0.457 e. The molecule has 1 N–H and O–H groups in total. The molecule has 0 bridgehead atoms. The van der Waals surface area contributed by atoms with Gasteiger partial charge in [-0.1, -0.05) is 30.7 Å². The van der Waals surface area contributed by atoms with E-state index in [4.69, 9.17) is 16.3 Å². The van der Waals surface area contributed by atoms with Crippen molar-refractivity contribution in [1.29, 1.82) is 0 Å². The zero-order chi connectivity index (χ0) is 14.5. The highest BCUT2D eigenvalue weighted by molar-refractivity contribution is 6.30. The Morgan fingerprint density at radius 2 is 1.80 bits per heavy atom. The number of rotatable bonds is 5. The topological polar surface area (TPSA) is 21.3 Å². The average Bonchev–Trinajstić information content (AvgIpc) is 2.44. The van der Waals surface area contributed by atoms with E-state index in [1.807, 2.05) is 24.3 Å². The predicted octanol–water partition coefficient (Wildman–Crippen LogP) is 4.94. The Hall–Kier alpha value is -1.58. The maximum atomic E-state index is 13.3. The minimum Gasteiger partial charge on any atom is -0.457 e. The Morgan fingerprint density at radius 1 is 1.15 bits per heavy atom. The molecule has 0 aliphatic rings. The van der Waals surface area contributed by atoms with E-state index >= 15 is 0 Å². The second kappa shape index (κ2) is 6.73. The van der Waals surface area contributed by atoms with Gasteiger partial charge >= 0.3 is 0 Å². The van der Waals surface area contributed by atoms with Crippen LogP contribution < -0.4 is 10.1 Å². The molecule has 2 nitrogen and oxygen atoms in total. The van der Waals surface area contributed by atoms with Crippen LogP contribution in [0.5, 0.6) is 11.5 Å². The molecule has 0 saturated carbocycles. The lowest BCUT2D eigenvalue weighted by molar-refractivity contribution is 0.476. The minimum atomic E-state index is -0.485. The summed E-state index contributed by atoms with van der Waals surface area (Å²) in [5.74, 6) is 0.611. The van der Waals surface area contributed by atoms with Gasteiger partial charge < -0.3 is 10.1 Å². The van der Waals surface area contributed by atoms with E-state index in [1.165, 1.54) is 17.7 Å². The van der Waals surface area contributed by atoms with Crippen molar-refractivity contribution in [2.45, 2.75) is 19.9 Å². The van der Waals surface area contributed by atoms with E-state index in [0.29, 0.717) is 17.5 Å². The highest BCUT2D eigenvalue weighted by atomic mass is 35.5. The Bertz CT molecular complexity index is 571. The summed E-state index contributed by atoms with van der Waals surface area (Å²) in [5.41, 5.74) is 1.18. The third-order valence-electron chi connectivity index (χ3n) is 3.02. The summed E-state index contributed by atoms with van der Waals surface area (Å²) in [6.45, 7) is 5.10. The molecule has 0 heterocycles. The van der Waals surface area contributed by atoms with Gasteiger partial charge in [0, 0.05) is 12.1 Å². The summed E-state index contributed by atoms with van der Waals surface area (Å²) in [5, 5.41) is 3.43. The van der Waals surface area contributed by atoms with Gasteiger partial charge in [0.15, 0.2) is 0 Å². The number of benzene rings is 2. The van der Waals surface area contributed by atoms with Crippen LogP contribution in [0.25, 0.3) is 0 Å². The second-order valence-electron chi connectivity index (χ2n) is 4.53. The zero-order valence-corrected chi connectivity index (χ0v) is 12.2. The molecule has 4 heteroatoms. The molecule has 1 unspecified atom stereocenters. The van der Waals surface area contributed by atoms with E-state index in [-0.39, 0.29) is 5.02 Å². The summed E-state index contributed by atoms with van der Waals surface area (Å²) >= 11 is 5.63. The van der Waals surface area contributed by atoms with Crippen LogP contribution in [0.4, 0.5) is 4.39 Å². The highest BCUT2D eigenvalue weighted by Gasteiger charge is 2.05. The quantitative estimate of drug-likeness (QED) is 0.843. The molecule has 0 aliphatic heterocycles. The van der Waals surface area contributed by atoms with Gasteiger partial charge in [-0.25, -0.2) is 4.39 Å². The van der Waals surface area contributed by atoms with Gasteiger partial charge in [-0.3, -0.25) is 0 Å². The number of ether oxygens (including phenoxy) is 1. The Labute approximate surface area is 123 Å². The first-order valence-electron chi connectivity index (χ1n) is 6.56. The van der Waals surface area contributed by atoms with Gasteiger partial charge in [0.2, 0.25) is 0 Å². The molecule has 0 radical (unpaired) electrons. The van der Waals surface area contributed by atoms with Crippen LogP contribution in [0.2, 0.25) is 5.02 Å². The Balaban J connectivity index is 2.08. The summed E-state index contributed by atoms with van der Waals surface area (Å²) in [6, 6.07) is 12.4. The molecule has 0 aliphatic carbocycles. The molecular formula is C16H17ClFNO. The van der Waals surface area contributed by atoms with Crippen molar-refractivity contribution in [2.75, 3.05) is 6.54 Å². The molecule has 2 aromatic rings. The number of hydrogen-bond acceptors (Lipinski definition) is 2. The Morgan fingerprint density at radius 3 is 2.40 bits per heavy atom. The van der Waals surface area contributed by atoms with Gasteiger partial charge in [0.1, 0.15) is 17.3 Å². The summed E-state index contributed by atoms with van der Waals surface area (Å²) < 4.78 is 18.9. The van der Waals surface area contributed by atoms with Gasteiger partial charge in [-0.05, 0) is 43.3 Å². The van der Waals surface area contributed by atoms with Crippen LogP contribution in [0.15, 0.2) is 42.5 Å². The van der Waals surface area contributed by atoms with Crippen LogP contribution in [-0.2, 0) is 0 Å². The van der Waals surface area contributed by atoms with Crippen molar-refractivity contribution >= 4 is 11.6 Å². The Kier molecular flexibility index (Phi) is 4.99. The molecule has 20 heavy (non-hydrogen) atoms. The molecule has 0 aromatic heterocycles. The fourth-order valence-electron chi connectivity index (χ4n) is 1.93. The molecule has 1 atom stereocenters. The number of halogens is 2. The van der Waals surface area contributed by atoms with Crippen molar-refractivity contribution in [3.63, 3.8) is 0 Å². The summed E-state index contributed by atoms with van der Waals surface area (Å²) in [7, 11) is 0. The first kappa shape index (κ1) is 14.8. The van der Waals surface area contributed by atoms with Crippen molar-refractivity contribution in [3.05, 3.63) is 58.9 Å². The van der Waals surface area contributed by atoms with Gasteiger partial charge in [0.25, 0.3) is 0 Å². The lowest BCUT2D eigenvalue weighted by atomic mass is 10.1. The minimum absolute atomic E-state index is 0.0900. The fraction of sp³-hybridized carbons (Fsp3) is 0.250. The van der Waals surface area contributed by atoms with Crippen molar-refractivity contribution in [1.82, 2.24) is 5.32 Å². The third kappa shape index (κ3) is 3.71. The van der Waals surface area contributed by atoms with Gasteiger partial charge in [-0.2, -0.15) is 0 Å². The predicted molar refractivity (Wildman–Crippen MR) is 80.0 cm³/mol. The van der Waals surface area contributed by atoms with E-state index in [9.17, 15) is 4.39 Å². The van der Waals surface area contributed by atoms with Crippen LogP contribution in [0.1, 0.15) is 25.5 Å². The van der Waals surface area contributed by atoms with Gasteiger partial charge in [-0.15, -0.1) is 0 Å². The monoisotopic (exact) mass is 293 g/mol. The molecule has 0 saturated heterocycles. The average molecular weight is 294 g/mol. The lowest BCUT2D eigenvalue weighted by Crippen LogP contribution is -2.17. The third-order valence-corrected chi connectivity index (χ3v) is 3.32. The second-order valence-corrected chi connectivity index (χ2v) is 4.93. The first-order valence-corrected chi connectivity index (χ1v) is 6.94. The van der Waals surface area contributed by atoms with E-state index < -0.39 is 5.82 Å². The molecule has 2 aromatic carbocycles. The molecule has 0 spiro atoms. The normalized spacial score (nSPS) is 12.2. The van der Waals surface area contributed by atoms with Crippen molar-refractivity contribution in [3.8, 4) is 11.5 Å². The number of hydrogen-bond donors (Lipinski definition) is 1. The van der Waals surface area contributed by atoms with E-state index in [1.54, 1.807) is 6.07 Å². The van der Waals surface area contributed by atoms with E-state index in [0.717, 1.165) is 6.54 Å². The molecule has 2 rings (SSSR count). The van der Waals surface area contributed by atoms with Gasteiger partial charge in [0.05, 0.1) is 5.02 Å². The van der Waals surface area contributed by atoms with Crippen LogP contribution in [0, 0.1) is 5.82 Å². The smallest absolute Gasteiger partial charge is 0.145 e. The first-order chi connectivity index (χ1) is 9.60. The molecule has 0 amide bonds. The molecule has 0 fully saturated rings. The number of nitrogens with one attached hydrogen (secondary N) is 1. The summed E-state index contributed by atoms with van der Waals surface area (Å²) in [6.07, 6.45) is 0. The van der Waals surface area contributed by atoms with Crippen LogP contribution >= 0.6 is 11.6 Å². The fourth-order valence-corrected chi connectivity index (χ4v) is 2.04. The van der Waals surface area contributed by atoms with E-state index in [2.05, 4.69) is 19.2 Å². The zero-order valence-electron chi connectivity index (χ0n) is 11.5. The summed E-state index contributed by atoms with van der Waals surface area (Å²) in [4.78, 5) is 0.